The van der Waals surface area contributed by atoms with Crippen molar-refractivity contribution in [3.8, 4) is 0 Å². The molecule has 1 aromatic carbocycles. The summed E-state index contributed by atoms with van der Waals surface area (Å²) in [7, 11) is 0. The minimum atomic E-state index is -0.943. The van der Waals surface area contributed by atoms with E-state index in [1.165, 1.54) is 6.07 Å². The zero-order chi connectivity index (χ0) is 10.1. The third-order valence-electron chi connectivity index (χ3n) is 1.90. The van der Waals surface area contributed by atoms with E-state index in [4.69, 9.17) is 16.7 Å². The van der Waals surface area contributed by atoms with Gasteiger partial charge in [-0.1, -0.05) is 11.6 Å². The Bertz CT molecular complexity index is 521. The van der Waals surface area contributed by atoms with Crippen LogP contribution in [-0.2, 0) is 0 Å². The van der Waals surface area contributed by atoms with Crippen LogP contribution in [-0.4, -0.2) is 16.1 Å². The van der Waals surface area contributed by atoms with E-state index in [1.54, 1.807) is 24.3 Å². The molecule has 0 fully saturated rings. The average Bonchev–Trinajstić information content (AvgIpc) is 2.16. The van der Waals surface area contributed by atoms with E-state index in [0.29, 0.717) is 10.7 Å². The minimum absolute atomic E-state index is 0. The van der Waals surface area contributed by atoms with Gasteiger partial charge in [-0.25, -0.2) is 9.78 Å². The Morgan fingerprint density at radius 2 is 2.07 bits per heavy atom. The van der Waals surface area contributed by atoms with Crippen molar-refractivity contribution in [3.05, 3.63) is 41.0 Å². The number of benzene rings is 1. The van der Waals surface area contributed by atoms with Gasteiger partial charge in [-0.2, -0.15) is 0 Å². The maximum absolute atomic E-state index is 10.7. The van der Waals surface area contributed by atoms with Gasteiger partial charge in [0.25, 0.3) is 0 Å². The minimum Gasteiger partial charge on any atom is -1.00 e. The molecule has 0 aliphatic rings. The molecule has 0 amide bonds. The number of carbonyl (C=O) groups is 1. The molecule has 1 N–H and O–H groups in total. The number of nitrogens with zero attached hydrogens (tertiary/aromatic N) is 1. The topological polar surface area (TPSA) is 50.2 Å². The number of hydrogen-bond donors (Lipinski definition) is 1. The van der Waals surface area contributed by atoms with E-state index < -0.39 is 5.97 Å². The molecule has 1 heterocycles. The van der Waals surface area contributed by atoms with Crippen LogP contribution in [0.25, 0.3) is 10.9 Å². The third kappa shape index (κ3) is 2.51. The first kappa shape index (κ1) is 12.1. The fourth-order valence-corrected chi connectivity index (χ4v) is 1.39. The molecule has 15 heavy (non-hydrogen) atoms. The Hall–Kier alpha value is -1.01. The van der Waals surface area contributed by atoms with Crippen molar-refractivity contribution in [3.63, 3.8) is 0 Å². The van der Waals surface area contributed by atoms with Gasteiger partial charge >= 0.3 is 24.8 Å². The smallest absolute Gasteiger partial charge is 1.00 e. The molecule has 0 spiro atoms. The maximum Gasteiger partial charge on any atom is 1.00 e. The van der Waals surface area contributed by atoms with Crippen LogP contribution in [0.15, 0.2) is 30.3 Å². The summed E-state index contributed by atoms with van der Waals surface area (Å²) in [4.78, 5) is 14.7. The van der Waals surface area contributed by atoms with Crippen molar-refractivity contribution in [2.75, 3.05) is 0 Å². The van der Waals surface area contributed by atoms with Crippen LogP contribution in [0.4, 0.5) is 0 Å². The number of aromatic carboxylic acids is 1. The first-order valence-corrected chi connectivity index (χ1v) is 4.34. The Morgan fingerprint density at radius 3 is 2.73 bits per heavy atom. The molecule has 0 atom stereocenters. The maximum atomic E-state index is 10.7. The van der Waals surface area contributed by atoms with Crippen molar-refractivity contribution in [2.45, 2.75) is 0 Å². The van der Waals surface area contributed by atoms with E-state index in [-0.39, 0.29) is 25.9 Å². The SMILES string of the molecule is O=C(O)c1ccc2nc(Cl)ccc2c1.[H-].[Li+]. The molecule has 0 aliphatic heterocycles. The second kappa shape index (κ2) is 4.67. The number of fused-ring (bicyclic) bond motifs is 1. The van der Waals surface area contributed by atoms with Crippen LogP contribution in [0.1, 0.15) is 11.8 Å². The van der Waals surface area contributed by atoms with Gasteiger partial charge < -0.3 is 6.53 Å². The van der Waals surface area contributed by atoms with Crippen molar-refractivity contribution >= 4 is 28.5 Å². The fraction of sp³-hybridized carbons (Fsp3) is 0. The monoisotopic (exact) mass is 215 g/mol. The molecule has 2 rings (SSSR count). The summed E-state index contributed by atoms with van der Waals surface area (Å²) in [6.45, 7) is 0. The molecular formula is C10H7ClLiNO2. The Balaban J connectivity index is 0.00000112. The summed E-state index contributed by atoms with van der Waals surface area (Å²) < 4.78 is 0. The zero-order valence-electron chi connectivity index (χ0n) is 9.07. The summed E-state index contributed by atoms with van der Waals surface area (Å²) in [5.74, 6) is -0.943. The molecule has 1 aromatic heterocycles. The number of carboxylic acid groups (broad SMARTS) is 1. The molecule has 0 saturated heterocycles. The predicted octanol–water partition coefficient (Wildman–Crippen LogP) is -0.297. The number of rotatable bonds is 1. The standard InChI is InChI=1S/C10H6ClNO2.Li.H/c11-9-4-2-6-5-7(10(13)14)1-3-8(6)12-9;;/h1-5H,(H,13,14);;/q;+1;-1. The van der Waals surface area contributed by atoms with Gasteiger partial charge in [-0.05, 0) is 30.3 Å². The molecule has 0 saturated carbocycles. The van der Waals surface area contributed by atoms with Gasteiger partial charge in [0.15, 0.2) is 0 Å². The summed E-state index contributed by atoms with van der Waals surface area (Å²) in [5, 5.41) is 9.93. The first-order valence-electron chi connectivity index (χ1n) is 3.96. The molecule has 72 valence electrons. The summed E-state index contributed by atoms with van der Waals surface area (Å²) in [5.41, 5.74) is 0.948. The molecule has 0 aliphatic carbocycles. The van der Waals surface area contributed by atoms with E-state index in [2.05, 4.69) is 4.98 Å². The second-order valence-electron chi connectivity index (χ2n) is 2.85. The zero-order valence-corrected chi connectivity index (χ0v) is 8.82. The molecule has 0 unspecified atom stereocenters. The molecule has 2 aromatic rings. The Morgan fingerprint density at radius 1 is 1.33 bits per heavy atom. The molecule has 0 radical (unpaired) electrons. The number of pyridine rings is 1. The van der Waals surface area contributed by atoms with Crippen molar-refractivity contribution < 1.29 is 30.2 Å². The number of aromatic nitrogens is 1. The fourth-order valence-electron chi connectivity index (χ4n) is 1.23. The van der Waals surface area contributed by atoms with Crippen LogP contribution in [0.2, 0.25) is 5.15 Å². The van der Waals surface area contributed by atoms with Crippen molar-refractivity contribution in [1.29, 1.82) is 0 Å². The third-order valence-corrected chi connectivity index (χ3v) is 2.11. The number of hydrogen-bond acceptors (Lipinski definition) is 2. The van der Waals surface area contributed by atoms with Crippen LogP contribution in [0.5, 0.6) is 0 Å². The quantitative estimate of drug-likeness (QED) is 0.525. The second-order valence-corrected chi connectivity index (χ2v) is 3.23. The first-order chi connectivity index (χ1) is 6.66. The molecule has 0 bridgehead atoms. The van der Waals surface area contributed by atoms with Gasteiger partial charge in [0.1, 0.15) is 5.15 Å². The van der Waals surface area contributed by atoms with Gasteiger partial charge in [0, 0.05) is 5.39 Å². The van der Waals surface area contributed by atoms with Gasteiger partial charge in [-0.3, -0.25) is 0 Å². The van der Waals surface area contributed by atoms with Crippen molar-refractivity contribution in [1.82, 2.24) is 4.98 Å². The molecule has 3 nitrogen and oxygen atoms in total. The van der Waals surface area contributed by atoms with Crippen LogP contribution in [0, 0.1) is 0 Å². The number of halogens is 1. The van der Waals surface area contributed by atoms with E-state index in [0.717, 1.165) is 5.39 Å². The summed E-state index contributed by atoms with van der Waals surface area (Å²) in [6.07, 6.45) is 0. The number of carboxylic acids is 1. The predicted molar refractivity (Wildman–Crippen MR) is 54.8 cm³/mol. The van der Waals surface area contributed by atoms with E-state index in [1.807, 2.05) is 0 Å². The molecule has 5 heteroatoms. The summed E-state index contributed by atoms with van der Waals surface area (Å²) >= 11 is 5.69. The van der Waals surface area contributed by atoms with Crippen LogP contribution in [0.3, 0.4) is 0 Å². The van der Waals surface area contributed by atoms with Crippen molar-refractivity contribution in [2.24, 2.45) is 0 Å². The average molecular weight is 216 g/mol. The molecular weight excluding hydrogens is 209 g/mol. The normalized spacial score (nSPS) is 9.67. The Labute approximate surface area is 105 Å². The van der Waals surface area contributed by atoms with E-state index >= 15 is 0 Å². The van der Waals surface area contributed by atoms with Crippen LogP contribution >= 0.6 is 11.6 Å². The van der Waals surface area contributed by atoms with E-state index in [9.17, 15) is 4.79 Å². The van der Waals surface area contributed by atoms with Gasteiger partial charge in [0.05, 0.1) is 11.1 Å². The Kier molecular flexibility index (Phi) is 3.76. The van der Waals surface area contributed by atoms with Crippen LogP contribution < -0.4 is 18.9 Å². The van der Waals surface area contributed by atoms with Gasteiger partial charge in [-0.15, -0.1) is 0 Å². The van der Waals surface area contributed by atoms with Gasteiger partial charge in [0.2, 0.25) is 0 Å². The summed E-state index contributed by atoms with van der Waals surface area (Å²) in [6, 6.07) is 8.10. The largest absolute Gasteiger partial charge is 1.00 e.